The van der Waals surface area contributed by atoms with Crippen molar-refractivity contribution in [2.75, 3.05) is 26.1 Å². The molecule has 160 valence electrons. The number of esters is 2. The van der Waals surface area contributed by atoms with Gasteiger partial charge < -0.3 is 19.5 Å². The Labute approximate surface area is 183 Å². The van der Waals surface area contributed by atoms with E-state index in [-0.39, 0.29) is 17.9 Å². The molecule has 0 fully saturated rings. The third kappa shape index (κ3) is 4.94. The van der Waals surface area contributed by atoms with Gasteiger partial charge in [-0.3, -0.25) is 9.59 Å². The van der Waals surface area contributed by atoms with Crippen LogP contribution in [0.1, 0.15) is 46.0 Å². The van der Waals surface area contributed by atoms with E-state index in [2.05, 4.69) is 5.32 Å². The van der Waals surface area contributed by atoms with Crippen LogP contribution in [-0.2, 0) is 25.5 Å². The van der Waals surface area contributed by atoms with Crippen molar-refractivity contribution in [3.05, 3.63) is 45.3 Å². The maximum Gasteiger partial charge on any atom is 0.341 e. The molecule has 1 aliphatic rings. The number of fused-ring (bicyclic) bond motifs is 1. The summed E-state index contributed by atoms with van der Waals surface area (Å²) in [5.74, 6) is -1.06. The van der Waals surface area contributed by atoms with Crippen LogP contribution in [0.25, 0.3) is 0 Å². The van der Waals surface area contributed by atoms with E-state index in [1.54, 1.807) is 24.3 Å². The van der Waals surface area contributed by atoms with Crippen LogP contribution in [0.3, 0.4) is 0 Å². The number of ether oxygens (including phenoxy) is 3. The zero-order valence-corrected chi connectivity index (χ0v) is 18.2. The Morgan fingerprint density at radius 1 is 1.17 bits per heavy atom. The number of anilines is 1. The molecule has 0 spiro atoms. The minimum Gasteiger partial charge on any atom is -0.494 e. The number of amides is 1. The van der Waals surface area contributed by atoms with Gasteiger partial charge in [-0.15, -0.1) is 11.3 Å². The predicted molar refractivity (Wildman–Crippen MR) is 114 cm³/mol. The Balaban J connectivity index is 1.63. The van der Waals surface area contributed by atoms with Gasteiger partial charge in [-0.1, -0.05) is 11.6 Å². The number of benzene rings is 1. The standard InChI is InChI=1S/C21H22ClNO6S/c1-27-20(25)14-9-10-15-17(14)18(21(26)28-2)19(30-15)23-16(24)4-3-11-29-13-7-5-12(22)6-8-13/h5-8,14H,3-4,9-11H2,1-2H3,(H,23,24)/t14-/m1/s1. The fraction of sp³-hybridized carbons (Fsp3) is 0.381. The molecule has 1 aliphatic carbocycles. The molecule has 9 heteroatoms. The van der Waals surface area contributed by atoms with Crippen molar-refractivity contribution in [3.8, 4) is 5.75 Å². The van der Waals surface area contributed by atoms with Crippen molar-refractivity contribution in [2.24, 2.45) is 0 Å². The molecule has 7 nitrogen and oxygen atoms in total. The van der Waals surface area contributed by atoms with Crippen molar-refractivity contribution >= 4 is 45.8 Å². The Morgan fingerprint density at radius 2 is 1.90 bits per heavy atom. The summed E-state index contributed by atoms with van der Waals surface area (Å²) in [6, 6.07) is 6.98. The maximum atomic E-state index is 12.4. The molecule has 1 aromatic carbocycles. The molecule has 0 saturated carbocycles. The van der Waals surface area contributed by atoms with Crippen molar-refractivity contribution in [2.45, 2.75) is 31.6 Å². The van der Waals surface area contributed by atoms with Gasteiger partial charge >= 0.3 is 11.9 Å². The van der Waals surface area contributed by atoms with Crippen molar-refractivity contribution < 1.29 is 28.6 Å². The Morgan fingerprint density at radius 3 is 2.57 bits per heavy atom. The van der Waals surface area contributed by atoms with Gasteiger partial charge in [0.1, 0.15) is 10.8 Å². The van der Waals surface area contributed by atoms with Gasteiger partial charge in [0.25, 0.3) is 0 Å². The minimum absolute atomic E-state index is 0.219. The average Bonchev–Trinajstić information content (AvgIpc) is 3.30. The first kappa shape index (κ1) is 22.1. The molecule has 2 aromatic rings. The zero-order chi connectivity index (χ0) is 21.7. The monoisotopic (exact) mass is 451 g/mol. The van der Waals surface area contributed by atoms with E-state index in [4.69, 9.17) is 25.8 Å². The number of aryl methyl sites for hydroxylation is 1. The molecule has 1 aromatic heterocycles. The Kier molecular flexibility index (Phi) is 7.33. The van der Waals surface area contributed by atoms with Gasteiger partial charge in [0.05, 0.1) is 32.3 Å². The highest BCUT2D eigenvalue weighted by Gasteiger charge is 2.38. The number of hydrogen-bond donors (Lipinski definition) is 1. The van der Waals surface area contributed by atoms with Crippen LogP contribution in [0.2, 0.25) is 5.02 Å². The summed E-state index contributed by atoms with van der Waals surface area (Å²) in [5.41, 5.74) is 0.858. The first-order valence-corrected chi connectivity index (χ1v) is 10.6. The highest BCUT2D eigenvalue weighted by molar-refractivity contribution is 7.17. The van der Waals surface area contributed by atoms with E-state index < -0.39 is 17.9 Å². The maximum absolute atomic E-state index is 12.4. The van der Waals surface area contributed by atoms with Crippen LogP contribution < -0.4 is 10.1 Å². The molecule has 0 unspecified atom stereocenters. The van der Waals surface area contributed by atoms with Gasteiger partial charge in [0.15, 0.2) is 0 Å². The lowest BCUT2D eigenvalue weighted by Gasteiger charge is -2.12. The number of hydrogen-bond acceptors (Lipinski definition) is 7. The smallest absolute Gasteiger partial charge is 0.341 e. The average molecular weight is 452 g/mol. The molecule has 0 radical (unpaired) electrons. The number of methoxy groups -OCH3 is 2. The third-order valence-corrected chi connectivity index (χ3v) is 6.22. The second kappa shape index (κ2) is 9.95. The lowest BCUT2D eigenvalue weighted by Crippen LogP contribution is -2.18. The topological polar surface area (TPSA) is 90.9 Å². The number of rotatable bonds is 8. The van der Waals surface area contributed by atoms with Crippen LogP contribution in [0.4, 0.5) is 5.00 Å². The van der Waals surface area contributed by atoms with Crippen molar-refractivity contribution in [1.29, 1.82) is 0 Å². The summed E-state index contributed by atoms with van der Waals surface area (Å²) >= 11 is 7.14. The van der Waals surface area contributed by atoms with E-state index in [0.29, 0.717) is 47.2 Å². The number of thiophene rings is 1. The van der Waals surface area contributed by atoms with Crippen molar-refractivity contribution in [3.63, 3.8) is 0 Å². The molecule has 1 atom stereocenters. The minimum atomic E-state index is -0.579. The Hall–Kier alpha value is -2.58. The highest BCUT2D eigenvalue weighted by atomic mass is 35.5. The summed E-state index contributed by atoms with van der Waals surface area (Å²) in [5, 5.41) is 3.82. The molecule has 3 rings (SSSR count). The normalized spacial score (nSPS) is 14.7. The van der Waals surface area contributed by atoms with Gasteiger partial charge in [-0.05, 0) is 49.1 Å². The van der Waals surface area contributed by atoms with Gasteiger partial charge in [-0.25, -0.2) is 4.79 Å². The summed E-state index contributed by atoms with van der Waals surface area (Å²) in [4.78, 5) is 37.8. The fourth-order valence-electron chi connectivity index (χ4n) is 3.38. The number of carbonyl (C=O) groups excluding carboxylic acids is 3. The van der Waals surface area contributed by atoms with Crippen LogP contribution >= 0.6 is 22.9 Å². The predicted octanol–water partition coefficient (Wildman–Crippen LogP) is 4.19. The van der Waals surface area contributed by atoms with E-state index >= 15 is 0 Å². The number of halogens is 1. The first-order valence-electron chi connectivity index (χ1n) is 9.44. The third-order valence-electron chi connectivity index (χ3n) is 4.79. The molecule has 1 heterocycles. The molecule has 1 N–H and O–H groups in total. The molecular formula is C21H22ClNO6S. The molecule has 0 saturated heterocycles. The van der Waals surface area contributed by atoms with E-state index in [1.807, 2.05) is 0 Å². The highest BCUT2D eigenvalue weighted by Crippen LogP contribution is 2.45. The van der Waals surface area contributed by atoms with Gasteiger partial charge in [0, 0.05) is 16.3 Å². The quantitative estimate of drug-likeness (QED) is 0.478. The second-order valence-corrected chi connectivity index (χ2v) is 8.24. The largest absolute Gasteiger partial charge is 0.494 e. The van der Waals surface area contributed by atoms with Crippen molar-refractivity contribution in [1.82, 2.24) is 0 Å². The molecule has 0 aliphatic heterocycles. The Bertz CT molecular complexity index is 940. The van der Waals surface area contributed by atoms with E-state index in [1.165, 1.54) is 25.6 Å². The van der Waals surface area contributed by atoms with Crippen LogP contribution in [0, 0.1) is 0 Å². The van der Waals surface area contributed by atoms with Gasteiger partial charge in [0.2, 0.25) is 5.91 Å². The van der Waals surface area contributed by atoms with E-state index in [9.17, 15) is 14.4 Å². The molecule has 1 amide bonds. The lowest BCUT2D eigenvalue weighted by atomic mass is 9.99. The number of nitrogens with one attached hydrogen (secondary N) is 1. The van der Waals surface area contributed by atoms with Crippen LogP contribution in [0.5, 0.6) is 5.75 Å². The number of carbonyl (C=O) groups is 3. The summed E-state index contributed by atoms with van der Waals surface area (Å²) < 4.78 is 15.3. The first-order chi connectivity index (χ1) is 14.4. The zero-order valence-electron chi connectivity index (χ0n) is 16.7. The van der Waals surface area contributed by atoms with Gasteiger partial charge in [-0.2, -0.15) is 0 Å². The summed E-state index contributed by atoms with van der Waals surface area (Å²) in [6.45, 7) is 0.365. The van der Waals surface area contributed by atoms with E-state index in [0.717, 1.165) is 4.88 Å². The lowest BCUT2D eigenvalue weighted by molar-refractivity contribution is -0.142. The molecule has 30 heavy (non-hydrogen) atoms. The summed E-state index contributed by atoms with van der Waals surface area (Å²) in [6.07, 6.45) is 1.94. The fourth-order valence-corrected chi connectivity index (χ4v) is 4.79. The SMILES string of the molecule is COC(=O)c1c(NC(=O)CCCOc2ccc(Cl)cc2)sc2c1[C@H](C(=O)OC)CC2. The second-order valence-electron chi connectivity index (χ2n) is 6.70. The summed E-state index contributed by atoms with van der Waals surface area (Å²) in [7, 11) is 2.59. The molecule has 0 bridgehead atoms. The van der Waals surface area contributed by atoms with Crippen LogP contribution in [0.15, 0.2) is 24.3 Å². The molecular weight excluding hydrogens is 430 g/mol. The van der Waals surface area contributed by atoms with Crippen LogP contribution in [-0.4, -0.2) is 38.7 Å².